The van der Waals surface area contributed by atoms with Crippen LogP contribution in [0, 0.1) is 0 Å². The molecule has 0 aliphatic carbocycles. The fraction of sp³-hybridized carbons (Fsp3) is 0. The van der Waals surface area contributed by atoms with Crippen molar-refractivity contribution < 1.29 is 0 Å². The summed E-state index contributed by atoms with van der Waals surface area (Å²) < 4.78 is 2.38. The van der Waals surface area contributed by atoms with E-state index in [0.717, 1.165) is 55.2 Å². The molecule has 9 rings (SSSR count). The van der Waals surface area contributed by atoms with Crippen LogP contribution in [0.5, 0.6) is 0 Å². The van der Waals surface area contributed by atoms with E-state index in [4.69, 9.17) is 15.0 Å². The summed E-state index contributed by atoms with van der Waals surface area (Å²) >= 11 is 1.77. The SMILES string of the molecule is c1ccc(-c2ccc(-c3nc(-c4ccccc4)nc(-c4ccc(-c5ccc6sc7c8ccccc8nnc7c6c5)cc4)n3)cc2)cc1. The smallest absolute Gasteiger partial charge is 0.164 e. The lowest BCUT2D eigenvalue weighted by Gasteiger charge is -2.10. The molecule has 0 aliphatic rings. The maximum atomic E-state index is 4.96. The fourth-order valence-corrected chi connectivity index (χ4v) is 7.16. The first kappa shape index (κ1) is 27.2. The summed E-state index contributed by atoms with van der Waals surface area (Å²) in [4.78, 5) is 14.8. The predicted octanol–water partition coefficient (Wildman–Crippen LogP) is 10.5. The van der Waals surface area contributed by atoms with Crippen molar-refractivity contribution in [2.45, 2.75) is 0 Å². The Morgan fingerprint density at radius 3 is 1.47 bits per heavy atom. The van der Waals surface area contributed by atoms with Crippen molar-refractivity contribution in [2.24, 2.45) is 0 Å². The molecule has 0 fully saturated rings. The van der Waals surface area contributed by atoms with Crippen molar-refractivity contribution >= 4 is 42.5 Å². The normalized spacial score (nSPS) is 11.4. The van der Waals surface area contributed by atoms with Gasteiger partial charge in [-0.3, -0.25) is 0 Å². The molecule has 0 radical (unpaired) electrons. The zero-order valence-electron chi connectivity index (χ0n) is 25.1. The Morgan fingerprint density at radius 2 is 0.830 bits per heavy atom. The lowest BCUT2D eigenvalue weighted by molar-refractivity contribution is 1.07. The highest BCUT2D eigenvalue weighted by Crippen LogP contribution is 2.38. The third kappa shape index (κ3) is 5.01. The van der Waals surface area contributed by atoms with Crippen LogP contribution in [0.4, 0.5) is 0 Å². The molecule has 5 nitrogen and oxygen atoms in total. The third-order valence-corrected chi connectivity index (χ3v) is 9.66. The molecule has 220 valence electrons. The van der Waals surface area contributed by atoms with E-state index >= 15 is 0 Å². The minimum absolute atomic E-state index is 0.633. The molecular weight excluding hydrogens is 595 g/mol. The van der Waals surface area contributed by atoms with Gasteiger partial charge < -0.3 is 0 Å². The van der Waals surface area contributed by atoms with Gasteiger partial charge in [0.15, 0.2) is 17.5 Å². The summed E-state index contributed by atoms with van der Waals surface area (Å²) in [6.45, 7) is 0. The van der Waals surface area contributed by atoms with Gasteiger partial charge in [-0.15, -0.1) is 21.5 Å². The van der Waals surface area contributed by atoms with E-state index in [2.05, 4.69) is 113 Å². The molecule has 0 unspecified atom stereocenters. The van der Waals surface area contributed by atoms with Gasteiger partial charge >= 0.3 is 0 Å². The maximum Gasteiger partial charge on any atom is 0.164 e. The van der Waals surface area contributed by atoms with Gasteiger partial charge in [0.1, 0.15) is 5.52 Å². The van der Waals surface area contributed by atoms with E-state index in [1.54, 1.807) is 11.3 Å². The Balaban J connectivity index is 1.09. The van der Waals surface area contributed by atoms with Crippen molar-refractivity contribution in [1.82, 2.24) is 25.1 Å². The summed E-state index contributed by atoms with van der Waals surface area (Å²) in [6.07, 6.45) is 0. The van der Waals surface area contributed by atoms with Gasteiger partial charge in [-0.05, 0) is 40.5 Å². The van der Waals surface area contributed by atoms with Gasteiger partial charge in [-0.25, -0.2) is 15.0 Å². The first-order valence-corrected chi connectivity index (χ1v) is 16.2. The first-order chi connectivity index (χ1) is 23.3. The van der Waals surface area contributed by atoms with E-state index < -0.39 is 0 Å². The second-order valence-electron chi connectivity index (χ2n) is 11.4. The highest BCUT2D eigenvalue weighted by atomic mass is 32.1. The number of hydrogen-bond donors (Lipinski definition) is 0. The molecule has 0 spiro atoms. The van der Waals surface area contributed by atoms with Gasteiger partial charge in [0, 0.05) is 32.2 Å². The molecule has 3 aromatic heterocycles. The zero-order chi connectivity index (χ0) is 31.2. The minimum Gasteiger partial charge on any atom is -0.208 e. The number of aromatic nitrogens is 5. The number of thiophene rings is 1. The maximum absolute atomic E-state index is 4.96. The van der Waals surface area contributed by atoms with Crippen LogP contribution in [0.2, 0.25) is 0 Å². The molecule has 9 aromatic rings. The van der Waals surface area contributed by atoms with Crippen molar-refractivity contribution in [2.75, 3.05) is 0 Å². The van der Waals surface area contributed by atoms with Crippen LogP contribution in [0.25, 0.3) is 87.6 Å². The van der Waals surface area contributed by atoms with Crippen LogP contribution in [-0.4, -0.2) is 25.1 Å². The molecule has 3 heterocycles. The molecule has 0 saturated carbocycles. The summed E-state index contributed by atoms with van der Waals surface area (Å²) in [5, 5.41) is 11.4. The third-order valence-electron chi connectivity index (χ3n) is 8.46. The van der Waals surface area contributed by atoms with Crippen molar-refractivity contribution in [1.29, 1.82) is 0 Å². The second kappa shape index (κ2) is 11.4. The molecule has 0 saturated heterocycles. The average molecular weight is 620 g/mol. The van der Waals surface area contributed by atoms with Crippen LogP contribution in [0.3, 0.4) is 0 Å². The number of nitrogens with zero attached hydrogens (tertiary/aromatic N) is 5. The van der Waals surface area contributed by atoms with E-state index in [1.807, 2.05) is 48.5 Å². The lowest BCUT2D eigenvalue weighted by Crippen LogP contribution is -2.00. The zero-order valence-corrected chi connectivity index (χ0v) is 25.9. The van der Waals surface area contributed by atoms with Crippen LogP contribution >= 0.6 is 11.3 Å². The van der Waals surface area contributed by atoms with E-state index in [-0.39, 0.29) is 0 Å². The molecule has 0 aliphatic heterocycles. The van der Waals surface area contributed by atoms with Crippen LogP contribution in [-0.2, 0) is 0 Å². The molecular formula is C41H25N5S. The Labute approximate surface area is 274 Å². The minimum atomic E-state index is 0.633. The van der Waals surface area contributed by atoms with Gasteiger partial charge in [0.25, 0.3) is 0 Å². The van der Waals surface area contributed by atoms with Crippen molar-refractivity contribution in [3.8, 4) is 56.4 Å². The highest BCUT2D eigenvalue weighted by molar-refractivity contribution is 7.26. The van der Waals surface area contributed by atoms with E-state index in [1.165, 1.54) is 15.0 Å². The Kier molecular flexibility index (Phi) is 6.58. The monoisotopic (exact) mass is 619 g/mol. The molecule has 0 amide bonds. The summed E-state index contributed by atoms with van der Waals surface area (Å²) in [7, 11) is 0. The largest absolute Gasteiger partial charge is 0.208 e. The summed E-state index contributed by atoms with van der Waals surface area (Å²) in [6, 6.07) is 52.0. The van der Waals surface area contributed by atoms with Gasteiger partial charge in [0.2, 0.25) is 0 Å². The topological polar surface area (TPSA) is 64.5 Å². The molecule has 0 atom stereocenters. The summed E-state index contributed by atoms with van der Waals surface area (Å²) in [5.41, 5.74) is 9.24. The van der Waals surface area contributed by atoms with E-state index in [9.17, 15) is 0 Å². The van der Waals surface area contributed by atoms with Gasteiger partial charge in [0.05, 0.1) is 10.2 Å². The Bertz CT molecular complexity index is 2540. The van der Waals surface area contributed by atoms with Gasteiger partial charge in [-0.2, -0.15) is 0 Å². The standard InChI is InChI=1S/C41H25N5S/c1-3-9-26(10-4-1)27-15-19-30(20-16-27)40-42-39(29-11-5-2-6-12-29)43-41(44-40)31-21-17-28(18-22-31)32-23-24-36-34(25-32)37-38(47-36)33-13-7-8-14-35(33)45-46-37/h1-25H. The van der Waals surface area contributed by atoms with Crippen LogP contribution < -0.4 is 0 Å². The van der Waals surface area contributed by atoms with Crippen molar-refractivity contribution in [3.63, 3.8) is 0 Å². The molecule has 6 heteroatoms. The number of benzene rings is 6. The number of rotatable bonds is 5. The molecule has 47 heavy (non-hydrogen) atoms. The Hall–Kier alpha value is -6.11. The molecule has 0 N–H and O–H groups in total. The quantitative estimate of drug-likeness (QED) is 0.192. The average Bonchev–Trinajstić information content (AvgIpc) is 3.54. The molecule has 0 bridgehead atoms. The number of fused-ring (bicyclic) bond motifs is 5. The summed E-state index contributed by atoms with van der Waals surface area (Å²) in [5.74, 6) is 1.92. The second-order valence-corrected chi connectivity index (χ2v) is 12.5. The highest BCUT2D eigenvalue weighted by Gasteiger charge is 2.14. The number of hydrogen-bond acceptors (Lipinski definition) is 6. The predicted molar refractivity (Wildman–Crippen MR) is 193 cm³/mol. The fourth-order valence-electron chi connectivity index (χ4n) is 6.01. The van der Waals surface area contributed by atoms with Gasteiger partial charge in [-0.1, -0.05) is 133 Å². The molecule has 6 aromatic carbocycles. The Morgan fingerprint density at radius 1 is 0.362 bits per heavy atom. The van der Waals surface area contributed by atoms with Crippen LogP contribution in [0.1, 0.15) is 0 Å². The van der Waals surface area contributed by atoms with Crippen molar-refractivity contribution in [3.05, 3.63) is 152 Å². The first-order valence-electron chi connectivity index (χ1n) is 15.4. The van der Waals surface area contributed by atoms with Crippen LogP contribution in [0.15, 0.2) is 152 Å². The lowest BCUT2D eigenvalue weighted by atomic mass is 10.0. The van der Waals surface area contributed by atoms with E-state index in [0.29, 0.717) is 17.5 Å².